The summed E-state index contributed by atoms with van der Waals surface area (Å²) in [5, 5.41) is 2.06. The number of nitrogens with two attached hydrogens (primary N) is 1. The first-order valence-corrected chi connectivity index (χ1v) is 6.80. The van der Waals surface area contributed by atoms with Crippen molar-refractivity contribution in [2.75, 3.05) is 0 Å². The molecule has 0 bridgehead atoms. The van der Waals surface area contributed by atoms with Crippen molar-refractivity contribution in [3.05, 3.63) is 46.6 Å². The number of aromatic nitrogens is 2. The third-order valence-electron chi connectivity index (χ3n) is 3.30. The molecule has 0 atom stereocenters. The van der Waals surface area contributed by atoms with Gasteiger partial charge in [-0.3, -0.25) is 4.40 Å². The molecule has 0 radical (unpaired) electrons. The molecule has 0 aliphatic rings. The Morgan fingerprint density at radius 2 is 2.11 bits per heavy atom. The van der Waals surface area contributed by atoms with Crippen molar-refractivity contribution in [3.63, 3.8) is 0 Å². The highest BCUT2D eigenvalue weighted by molar-refractivity contribution is 7.15. The topological polar surface area (TPSA) is 43.3 Å². The van der Waals surface area contributed by atoms with E-state index in [4.69, 9.17) is 5.73 Å². The Morgan fingerprint density at radius 3 is 2.83 bits per heavy atom. The second-order valence-electron chi connectivity index (χ2n) is 4.51. The molecular formula is C14H15N3S. The van der Waals surface area contributed by atoms with Crippen LogP contribution in [0.3, 0.4) is 0 Å². The van der Waals surface area contributed by atoms with Crippen LogP contribution < -0.4 is 5.73 Å². The van der Waals surface area contributed by atoms with Crippen LogP contribution in [0.15, 0.2) is 29.8 Å². The molecule has 3 rings (SSSR count). The molecule has 2 N–H and O–H groups in total. The summed E-state index contributed by atoms with van der Waals surface area (Å²) in [7, 11) is 0. The van der Waals surface area contributed by atoms with Crippen LogP contribution in [0.25, 0.3) is 16.2 Å². The average Bonchev–Trinajstić information content (AvgIpc) is 2.92. The van der Waals surface area contributed by atoms with Crippen molar-refractivity contribution >= 4 is 16.3 Å². The van der Waals surface area contributed by atoms with Crippen LogP contribution in [0.5, 0.6) is 0 Å². The molecule has 0 saturated heterocycles. The van der Waals surface area contributed by atoms with Gasteiger partial charge in [-0.1, -0.05) is 12.1 Å². The van der Waals surface area contributed by atoms with Gasteiger partial charge in [-0.05, 0) is 31.0 Å². The standard InChI is InChI=1S/C14H15N3S/c1-9-3-4-11(5-10(9)2)13-7-17-12(6-15)8-18-14(17)16-13/h3-5,7-8H,6,15H2,1-2H3. The van der Waals surface area contributed by atoms with Crippen molar-refractivity contribution in [2.45, 2.75) is 20.4 Å². The highest BCUT2D eigenvalue weighted by atomic mass is 32.1. The van der Waals surface area contributed by atoms with Crippen molar-refractivity contribution in [3.8, 4) is 11.3 Å². The second-order valence-corrected chi connectivity index (χ2v) is 5.35. The number of aryl methyl sites for hydroxylation is 2. The summed E-state index contributed by atoms with van der Waals surface area (Å²) in [6, 6.07) is 6.45. The lowest BCUT2D eigenvalue weighted by Crippen LogP contribution is -1.98. The predicted octanol–water partition coefficient (Wildman–Crippen LogP) is 3.14. The first-order valence-electron chi connectivity index (χ1n) is 5.92. The van der Waals surface area contributed by atoms with Gasteiger partial charge in [0.15, 0.2) is 4.96 Å². The molecule has 3 nitrogen and oxygen atoms in total. The van der Waals surface area contributed by atoms with Gasteiger partial charge in [0.25, 0.3) is 0 Å². The van der Waals surface area contributed by atoms with E-state index in [2.05, 4.69) is 53.0 Å². The van der Waals surface area contributed by atoms with Crippen LogP contribution in [0.1, 0.15) is 16.8 Å². The smallest absolute Gasteiger partial charge is 0.194 e. The van der Waals surface area contributed by atoms with E-state index in [1.807, 2.05) is 0 Å². The lowest BCUT2D eigenvalue weighted by atomic mass is 10.1. The number of imidazole rings is 1. The van der Waals surface area contributed by atoms with E-state index in [-0.39, 0.29) is 0 Å². The molecule has 1 aromatic carbocycles. The number of rotatable bonds is 2. The molecule has 2 aromatic heterocycles. The van der Waals surface area contributed by atoms with Crippen molar-refractivity contribution in [2.24, 2.45) is 5.73 Å². The summed E-state index contributed by atoms with van der Waals surface area (Å²) in [6.45, 7) is 4.79. The lowest BCUT2D eigenvalue weighted by Gasteiger charge is -2.02. The van der Waals surface area contributed by atoms with Gasteiger partial charge < -0.3 is 5.73 Å². The first-order chi connectivity index (χ1) is 8.69. The molecule has 0 aliphatic heterocycles. The summed E-state index contributed by atoms with van der Waals surface area (Å²) in [4.78, 5) is 5.65. The number of fused-ring (bicyclic) bond motifs is 1. The Labute approximate surface area is 110 Å². The summed E-state index contributed by atoms with van der Waals surface area (Å²) < 4.78 is 2.08. The molecule has 4 heteroatoms. The van der Waals surface area contributed by atoms with E-state index in [1.54, 1.807) is 11.3 Å². The molecule has 2 heterocycles. The van der Waals surface area contributed by atoms with Gasteiger partial charge in [0, 0.05) is 29.4 Å². The molecule has 0 amide bonds. The SMILES string of the molecule is Cc1ccc(-c2cn3c(CN)csc3n2)cc1C. The van der Waals surface area contributed by atoms with Crippen LogP contribution in [-0.2, 0) is 6.54 Å². The summed E-state index contributed by atoms with van der Waals surface area (Å²) >= 11 is 1.63. The number of hydrogen-bond acceptors (Lipinski definition) is 3. The van der Waals surface area contributed by atoms with E-state index in [1.165, 1.54) is 11.1 Å². The lowest BCUT2D eigenvalue weighted by molar-refractivity contribution is 0.966. The number of nitrogens with zero attached hydrogens (tertiary/aromatic N) is 2. The highest BCUT2D eigenvalue weighted by Gasteiger charge is 2.09. The van der Waals surface area contributed by atoms with Gasteiger partial charge in [0.05, 0.1) is 5.69 Å². The van der Waals surface area contributed by atoms with Gasteiger partial charge >= 0.3 is 0 Å². The Balaban J connectivity index is 2.13. The minimum absolute atomic E-state index is 0.544. The van der Waals surface area contributed by atoms with Crippen molar-refractivity contribution in [1.29, 1.82) is 0 Å². The normalized spacial score (nSPS) is 11.3. The van der Waals surface area contributed by atoms with Crippen LogP contribution in [0.2, 0.25) is 0 Å². The van der Waals surface area contributed by atoms with Gasteiger partial charge in [-0.15, -0.1) is 11.3 Å². The quantitative estimate of drug-likeness (QED) is 0.766. The molecule has 0 saturated carbocycles. The number of hydrogen-bond donors (Lipinski definition) is 1. The maximum Gasteiger partial charge on any atom is 0.194 e. The maximum absolute atomic E-state index is 5.71. The Bertz CT molecular complexity index is 709. The first kappa shape index (κ1) is 11.4. The highest BCUT2D eigenvalue weighted by Crippen LogP contribution is 2.25. The van der Waals surface area contributed by atoms with Crippen LogP contribution in [0.4, 0.5) is 0 Å². The van der Waals surface area contributed by atoms with E-state index < -0.39 is 0 Å². The van der Waals surface area contributed by atoms with Gasteiger partial charge in [-0.2, -0.15) is 0 Å². The summed E-state index contributed by atoms with van der Waals surface area (Å²) in [6.07, 6.45) is 2.07. The minimum Gasteiger partial charge on any atom is -0.325 e. The average molecular weight is 257 g/mol. The Hall–Kier alpha value is -1.65. The predicted molar refractivity (Wildman–Crippen MR) is 75.9 cm³/mol. The fourth-order valence-electron chi connectivity index (χ4n) is 2.02. The maximum atomic E-state index is 5.71. The zero-order valence-corrected chi connectivity index (χ0v) is 11.3. The molecular weight excluding hydrogens is 242 g/mol. The Morgan fingerprint density at radius 1 is 1.28 bits per heavy atom. The molecule has 92 valence electrons. The van der Waals surface area contributed by atoms with E-state index in [0.717, 1.165) is 21.9 Å². The summed E-state index contributed by atoms with van der Waals surface area (Å²) in [5.41, 5.74) is 11.6. The zero-order valence-electron chi connectivity index (χ0n) is 10.5. The molecule has 0 unspecified atom stereocenters. The van der Waals surface area contributed by atoms with Gasteiger partial charge in [0.1, 0.15) is 0 Å². The van der Waals surface area contributed by atoms with E-state index in [9.17, 15) is 0 Å². The zero-order chi connectivity index (χ0) is 12.7. The summed E-state index contributed by atoms with van der Waals surface area (Å²) in [5.74, 6) is 0. The number of thiazole rings is 1. The van der Waals surface area contributed by atoms with E-state index in [0.29, 0.717) is 6.54 Å². The second kappa shape index (κ2) is 4.23. The number of benzene rings is 1. The minimum atomic E-state index is 0.544. The van der Waals surface area contributed by atoms with Gasteiger partial charge in [0.2, 0.25) is 0 Å². The molecule has 0 spiro atoms. The van der Waals surface area contributed by atoms with Crippen molar-refractivity contribution in [1.82, 2.24) is 9.38 Å². The third-order valence-corrected chi connectivity index (χ3v) is 4.18. The molecule has 3 aromatic rings. The van der Waals surface area contributed by atoms with Gasteiger partial charge in [-0.25, -0.2) is 4.98 Å². The third kappa shape index (κ3) is 1.74. The largest absolute Gasteiger partial charge is 0.325 e. The monoisotopic (exact) mass is 257 g/mol. The van der Waals surface area contributed by atoms with E-state index >= 15 is 0 Å². The fourth-order valence-corrected chi connectivity index (χ4v) is 2.90. The van der Waals surface area contributed by atoms with Crippen LogP contribution >= 0.6 is 11.3 Å². The van der Waals surface area contributed by atoms with Crippen LogP contribution in [0, 0.1) is 13.8 Å². The molecule has 0 aliphatic carbocycles. The fraction of sp³-hybridized carbons (Fsp3) is 0.214. The Kier molecular flexibility index (Phi) is 2.69. The van der Waals surface area contributed by atoms with Crippen molar-refractivity contribution < 1.29 is 0 Å². The molecule has 18 heavy (non-hydrogen) atoms. The molecule has 0 fully saturated rings. The van der Waals surface area contributed by atoms with Crippen LogP contribution in [-0.4, -0.2) is 9.38 Å².